The Morgan fingerprint density at radius 2 is 0.473 bits per heavy atom. The van der Waals surface area contributed by atoms with Crippen LogP contribution in [0.3, 0.4) is 0 Å². The van der Waals surface area contributed by atoms with Gasteiger partial charge in [0.05, 0.1) is 54.4 Å². The largest absolute Gasteiger partial charge is 0.759 e. The lowest BCUT2D eigenvalue weighted by molar-refractivity contribution is -0.889. The van der Waals surface area contributed by atoms with Crippen LogP contribution in [0.1, 0.15) is 232 Å². The van der Waals surface area contributed by atoms with Gasteiger partial charge in [-0.15, -0.1) is 0 Å². The Morgan fingerprint density at radius 3 is 0.618 bits per heavy atom. The molecule has 0 atom stereocenters. The molecule has 0 saturated carbocycles. The van der Waals surface area contributed by atoms with Gasteiger partial charge in [0, 0.05) is 23.5 Å². The third kappa shape index (κ3) is 63.1. The molecule has 8 nitrogen and oxygen atoms in total. The molecule has 0 heterocycles. The highest BCUT2D eigenvalue weighted by Crippen LogP contribution is 2.16. The molecule has 0 radical (unpaired) electrons. The number of hydrogen-bond donors (Lipinski definition) is 2. The fraction of sp³-hybridized carbons (Fsp3) is 1.00. The quantitative estimate of drug-likeness (QED) is 0.0274. The number of nitrogens with two attached hydrogens (primary N) is 2. The van der Waals surface area contributed by atoms with Gasteiger partial charge in [-0.1, -0.05) is 206 Å². The first-order chi connectivity index (χ1) is 26.2. The van der Waals surface area contributed by atoms with Gasteiger partial charge < -0.3 is 29.5 Å². The molecule has 0 aromatic carbocycles. The summed E-state index contributed by atoms with van der Waals surface area (Å²) in [5.74, 6) is 0. The fourth-order valence-electron chi connectivity index (χ4n) is 7.45. The zero-order valence-electron chi connectivity index (χ0n) is 38.4. The standard InChI is InChI=1S/2C23H51N2.H2O4S/c2*1-4-5-6-7-8-9-10-11-12-13-14-15-16-17-18-19-20-22-25(2,3)23-21-24;1-5(2,3)4/h2*4-24H2,1-3H3;(H2,1,2,3,4)/q2*+1;/p-2. The zero-order valence-corrected chi connectivity index (χ0v) is 39.2. The van der Waals surface area contributed by atoms with E-state index in [9.17, 15) is 0 Å². The topological polar surface area (TPSA) is 132 Å². The maximum absolute atomic E-state index is 8.52. The molecule has 336 valence electrons. The summed E-state index contributed by atoms with van der Waals surface area (Å²) in [6.07, 6.45) is 49.3. The smallest absolute Gasteiger partial charge is 0.0907 e. The predicted octanol–water partition coefficient (Wildman–Crippen LogP) is 12.0. The Morgan fingerprint density at radius 1 is 0.327 bits per heavy atom. The lowest BCUT2D eigenvalue weighted by Gasteiger charge is -2.29. The van der Waals surface area contributed by atoms with E-state index in [2.05, 4.69) is 42.0 Å². The predicted molar refractivity (Wildman–Crippen MR) is 241 cm³/mol. The van der Waals surface area contributed by atoms with Crippen LogP contribution in [0.5, 0.6) is 0 Å². The van der Waals surface area contributed by atoms with E-state index in [1.54, 1.807) is 0 Å². The van der Waals surface area contributed by atoms with Gasteiger partial charge in [0.2, 0.25) is 0 Å². The summed E-state index contributed by atoms with van der Waals surface area (Å²) in [6.45, 7) is 11.0. The van der Waals surface area contributed by atoms with Crippen LogP contribution in [0.2, 0.25) is 0 Å². The summed E-state index contributed by atoms with van der Waals surface area (Å²) in [5, 5.41) is 0. The minimum Gasteiger partial charge on any atom is -0.759 e. The van der Waals surface area contributed by atoms with Crippen LogP contribution in [0.15, 0.2) is 0 Å². The van der Waals surface area contributed by atoms with Crippen molar-refractivity contribution in [3.05, 3.63) is 0 Å². The highest BCUT2D eigenvalue weighted by atomic mass is 32.3. The highest BCUT2D eigenvalue weighted by molar-refractivity contribution is 7.79. The highest BCUT2D eigenvalue weighted by Gasteiger charge is 2.13. The monoisotopic (exact) mass is 807 g/mol. The van der Waals surface area contributed by atoms with E-state index in [-0.39, 0.29) is 0 Å². The first-order valence-electron chi connectivity index (χ1n) is 24.0. The van der Waals surface area contributed by atoms with Crippen molar-refractivity contribution in [3.8, 4) is 0 Å². The van der Waals surface area contributed by atoms with Crippen molar-refractivity contribution in [1.29, 1.82) is 0 Å². The molecular formula is C46H102N4O4S. The third-order valence-electron chi connectivity index (χ3n) is 11.2. The van der Waals surface area contributed by atoms with Gasteiger partial charge in [-0.25, -0.2) is 0 Å². The summed E-state index contributed by atoms with van der Waals surface area (Å²) < 4.78 is 36.3. The maximum Gasteiger partial charge on any atom is 0.0907 e. The minimum absolute atomic E-state index is 0.811. The van der Waals surface area contributed by atoms with Crippen LogP contribution in [-0.4, -0.2) is 93.9 Å². The van der Waals surface area contributed by atoms with E-state index in [1.165, 1.54) is 231 Å². The third-order valence-corrected chi connectivity index (χ3v) is 11.2. The number of nitrogens with zero attached hydrogens (tertiary/aromatic N) is 2. The molecular weight excluding hydrogens is 705 g/mol. The minimum atomic E-state index is -5.17. The van der Waals surface area contributed by atoms with Crippen molar-refractivity contribution < 1.29 is 26.5 Å². The molecule has 55 heavy (non-hydrogen) atoms. The molecule has 0 fully saturated rings. The number of rotatable bonds is 40. The summed E-state index contributed by atoms with van der Waals surface area (Å²) in [6, 6.07) is 0. The number of unbranched alkanes of at least 4 members (excludes halogenated alkanes) is 32. The molecule has 0 aliphatic carbocycles. The van der Waals surface area contributed by atoms with Crippen molar-refractivity contribution in [2.75, 3.05) is 67.5 Å². The number of likely N-dealkylation sites (N-methyl/N-ethyl adjacent to an activating group) is 2. The van der Waals surface area contributed by atoms with Crippen molar-refractivity contribution >= 4 is 10.4 Å². The molecule has 0 aromatic rings. The molecule has 4 N–H and O–H groups in total. The van der Waals surface area contributed by atoms with Crippen molar-refractivity contribution in [2.45, 2.75) is 232 Å². The molecule has 0 unspecified atom stereocenters. The molecule has 0 aliphatic heterocycles. The van der Waals surface area contributed by atoms with Gasteiger partial charge >= 0.3 is 0 Å². The average Bonchev–Trinajstić information content (AvgIpc) is 3.10. The number of hydrogen-bond acceptors (Lipinski definition) is 6. The Kier molecular flexibility index (Phi) is 48.1. The normalized spacial score (nSPS) is 12.0. The molecule has 0 amide bonds. The second-order valence-electron chi connectivity index (χ2n) is 18.1. The SMILES string of the molecule is CCCCCCCCCCCCCCCCCCC[N+](C)(C)CCN.CCCCCCCCCCCCCCCCCCC[N+](C)(C)CCN.O=S(=O)([O-])[O-]. The van der Waals surface area contributed by atoms with E-state index in [1.807, 2.05) is 0 Å². The van der Waals surface area contributed by atoms with Crippen molar-refractivity contribution in [1.82, 2.24) is 0 Å². The Labute approximate surface area is 346 Å². The van der Waals surface area contributed by atoms with E-state index in [0.29, 0.717) is 0 Å². The molecule has 0 saturated heterocycles. The Hall–Kier alpha value is -0.290. The summed E-state index contributed by atoms with van der Waals surface area (Å²) in [4.78, 5) is 0. The molecule has 9 heteroatoms. The first kappa shape index (κ1) is 59.0. The molecule has 0 spiro atoms. The van der Waals surface area contributed by atoms with Gasteiger partial charge in [0.1, 0.15) is 0 Å². The summed E-state index contributed by atoms with van der Waals surface area (Å²) in [5.41, 5.74) is 11.3. The molecule has 0 bridgehead atoms. The number of quaternary nitrogens is 2. The van der Waals surface area contributed by atoms with Gasteiger partial charge in [-0.05, 0) is 25.7 Å². The van der Waals surface area contributed by atoms with Gasteiger partial charge in [-0.3, -0.25) is 8.42 Å². The second kappa shape index (κ2) is 44.8. The van der Waals surface area contributed by atoms with E-state index < -0.39 is 10.4 Å². The van der Waals surface area contributed by atoms with Crippen LogP contribution in [0, 0.1) is 0 Å². The molecule has 0 aliphatic rings. The van der Waals surface area contributed by atoms with E-state index in [4.69, 9.17) is 29.0 Å². The second-order valence-corrected chi connectivity index (χ2v) is 18.9. The van der Waals surface area contributed by atoms with Gasteiger partial charge in [0.25, 0.3) is 0 Å². The lowest BCUT2D eigenvalue weighted by Crippen LogP contribution is -2.44. The lowest BCUT2D eigenvalue weighted by atomic mass is 10.0. The van der Waals surface area contributed by atoms with Crippen molar-refractivity contribution in [2.24, 2.45) is 11.5 Å². The Balaban J connectivity index is -0.000000874. The van der Waals surface area contributed by atoms with Crippen LogP contribution >= 0.6 is 0 Å². The fourth-order valence-corrected chi connectivity index (χ4v) is 7.45. The zero-order chi connectivity index (χ0) is 41.8. The van der Waals surface area contributed by atoms with E-state index >= 15 is 0 Å². The average molecular weight is 807 g/mol. The van der Waals surface area contributed by atoms with Crippen LogP contribution in [0.25, 0.3) is 0 Å². The Bertz CT molecular complexity index is 767. The maximum atomic E-state index is 8.52. The van der Waals surface area contributed by atoms with Gasteiger partial charge in [0.15, 0.2) is 0 Å². The van der Waals surface area contributed by atoms with E-state index in [0.717, 1.165) is 35.1 Å². The first-order valence-corrected chi connectivity index (χ1v) is 25.3. The van der Waals surface area contributed by atoms with Gasteiger partial charge in [-0.2, -0.15) is 0 Å². The van der Waals surface area contributed by atoms with Crippen molar-refractivity contribution in [3.63, 3.8) is 0 Å². The molecule has 0 rings (SSSR count). The van der Waals surface area contributed by atoms with Crippen LogP contribution < -0.4 is 11.5 Å². The molecule has 0 aromatic heterocycles. The van der Waals surface area contributed by atoms with Crippen LogP contribution in [-0.2, 0) is 10.4 Å². The van der Waals surface area contributed by atoms with Crippen LogP contribution in [0.4, 0.5) is 0 Å². The summed E-state index contributed by atoms with van der Waals surface area (Å²) >= 11 is 0. The summed E-state index contributed by atoms with van der Waals surface area (Å²) in [7, 11) is 4.05.